The van der Waals surface area contributed by atoms with Crippen molar-refractivity contribution >= 4 is 27.2 Å². The van der Waals surface area contributed by atoms with Gasteiger partial charge in [0.15, 0.2) is 5.75 Å². The molecule has 3 aromatic rings. The summed E-state index contributed by atoms with van der Waals surface area (Å²) in [6, 6.07) is 9.75. The van der Waals surface area contributed by atoms with Gasteiger partial charge < -0.3 is 10.2 Å². The molecule has 0 saturated heterocycles. The molecule has 3 rings (SSSR count). The van der Waals surface area contributed by atoms with E-state index >= 15 is 0 Å². The Hall–Kier alpha value is -3.68. The van der Waals surface area contributed by atoms with Gasteiger partial charge in [0.2, 0.25) is 5.88 Å². The van der Waals surface area contributed by atoms with Crippen molar-refractivity contribution in [2.75, 3.05) is 5.01 Å². The van der Waals surface area contributed by atoms with Gasteiger partial charge in [-0.1, -0.05) is 18.2 Å². The number of aromatic nitrogens is 2. The van der Waals surface area contributed by atoms with Crippen molar-refractivity contribution in [3.05, 3.63) is 58.3 Å². The van der Waals surface area contributed by atoms with Crippen LogP contribution in [0.2, 0.25) is 0 Å². The molecule has 0 aliphatic rings. The molecule has 5 N–H and O–H groups in total. The number of rotatable bonds is 5. The first-order valence-electron chi connectivity index (χ1n) is 7.90. The van der Waals surface area contributed by atoms with Crippen LogP contribution in [0.3, 0.4) is 0 Å². The van der Waals surface area contributed by atoms with Crippen LogP contribution in [0.5, 0.6) is 11.6 Å². The lowest BCUT2D eigenvalue weighted by atomic mass is 10.2. The molecule has 0 bridgehead atoms. The minimum atomic E-state index is -5.01. The lowest BCUT2D eigenvalue weighted by molar-refractivity contribution is -0.385. The van der Waals surface area contributed by atoms with Crippen LogP contribution < -0.4 is 10.9 Å². The summed E-state index contributed by atoms with van der Waals surface area (Å²) in [7, 11) is -5.01. The Balaban J connectivity index is 2.22. The molecule has 152 valence electrons. The Labute approximate surface area is 163 Å². The van der Waals surface area contributed by atoms with E-state index in [0.717, 1.165) is 10.7 Å². The third kappa shape index (κ3) is 3.56. The van der Waals surface area contributed by atoms with Crippen molar-refractivity contribution in [1.82, 2.24) is 9.78 Å². The first kappa shape index (κ1) is 20.1. The summed E-state index contributed by atoms with van der Waals surface area (Å²) in [6.07, 6.45) is 0. The molecule has 2 aromatic carbocycles. The summed E-state index contributed by atoms with van der Waals surface area (Å²) in [5.41, 5.74) is -0.792. The van der Waals surface area contributed by atoms with Crippen LogP contribution in [-0.2, 0) is 10.1 Å². The Kier molecular flexibility index (Phi) is 4.88. The predicted molar refractivity (Wildman–Crippen MR) is 101 cm³/mol. The van der Waals surface area contributed by atoms with Gasteiger partial charge in [0, 0.05) is 12.1 Å². The van der Waals surface area contributed by atoms with Gasteiger partial charge in [0.05, 0.1) is 16.3 Å². The number of phenols is 1. The molecular weight excluding hydrogens is 406 g/mol. The molecule has 0 spiro atoms. The largest absolute Gasteiger partial charge is 0.504 e. The molecule has 0 saturated carbocycles. The molecule has 12 nitrogen and oxygen atoms in total. The summed E-state index contributed by atoms with van der Waals surface area (Å²) in [5.74, 6) is 4.45. The number of benzene rings is 2. The van der Waals surface area contributed by atoms with Gasteiger partial charge in [-0.05, 0) is 19.1 Å². The van der Waals surface area contributed by atoms with Crippen molar-refractivity contribution in [3.63, 3.8) is 0 Å². The number of hydrogen-bond donors (Lipinski definition) is 4. The highest BCUT2D eigenvalue weighted by atomic mass is 32.2. The van der Waals surface area contributed by atoms with Gasteiger partial charge in [-0.2, -0.15) is 18.2 Å². The summed E-state index contributed by atoms with van der Waals surface area (Å²) in [5, 5.41) is 36.8. The van der Waals surface area contributed by atoms with E-state index < -0.39 is 42.9 Å². The lowest BCUT2D eigenvalue weighted by Gasteiger charge is -2.20. The number of aromatic hydroxyl groups is 2. The number of hydrazine groups is 1. The molecular formula is C16H15N5O7S. The van der Waals surface area contributed by atoms with Crippen molar-refractivity contribution in [3.8, 4) is 17.3 Å². The molecule has 1 aromatic heterocycles. The van der Waals surface area contributed by atoms with Crippen LogP contribution in [0.4, 0.5) is 17.1 Å². The quantitative estimate of drug-likeness (QED) is 0.205. The number of anilines is 2. The van der Waals surface area contributed by atoms with E-state index in [9.17, 15) is 33.3 Å². The number of nitro benzene ring substituents is 1. The van der Waals surface area contributed by atoms with Crippen LogP contribution in [0.1, 0.15) is 5.69 Å². The van der Waals surface area contributed by atoms with Crippen LogP contribution in [-0.4, -0.2) is 37.9 Å². The minimum absolute atomic E-state index is 0.147. The normalized spacial score (nSPS) is 11.4. The highest BCUT2D eigenvalue weighted by Crippen LogP contribution is 2.43. The van der Waals surface area contributed by atoms with Gasteiger partial charge >= 0.3 is 0 Å². The topological polar surface area (TPSA) is 185 Å². The second kappa shape index (κ2) is 7.05. The number of non-ortho nitro benzene ring substituents is 1. The van der Waals surface area contributed by atoms with E-state index in [1.54, 1.807) is 30.3 Å². The van der Waals surface area contributed by atoms with Gasteiger partial charge in [-0.15, -0.1) is 0 Å². The van der Waals surface area contributed by atoms with Crippen LogP contribution in [0.15, 0.2) is 47.4 Å². The molecule has 0 fully saturated rings. The summed E-state index contributed by atoms with van der Waals surface area (Å²) >= 11 is 0. The fraction of sp³-hybridized carbons (Fsp3) is 0.0625. The zero-order chi connectivity index (χ0) is 21.5. The van der Waals surface area contributed by atoms with Gasteiger partial charge in [-0.3, -0.25) is 19.7 Å². The number of aryl methyl sites for hydroxylation is 1. The number of para-hydroxylation sites is 1. The van der Waals surface area contributed by atoms with Gasteiger partial charge in [0.1, 0.15) is 16.3 Å². The predicted octanol–water partition coefficient (Wildman–Crippen LogP) is 1.76. The van der Waals surface area contributed by atoms with E-state index in [0.29, 0.717) is 16.8 Å². The number of nitro groups is 1. The molecule has 29 heavy (non-hydrogen) atoms. The maximum atomic E-state index is 11.5. The molecule has 0 radical (unpaired) electrons. The van der Waals surface area contributed by atoms with E-state index in [2.05, 4.69) is 5.10 Å². The Bertz CT molecular complexity index is 1210. The highest BCUT2D eigenvalue weighted by Gasteiger charge is 2.29. The zero-order valence-corrected chi connectivity index (χ0v) is 15.6. The molecule has 0 aliphatic carbocycles. The number of nitrogens with two attached hydrogens (primary N) is 1. The number of nitrogens with zero attached hydrogens (tertiary/aromatic N) is 4. The van der Waals surface area contributed by atoms with Gasteiger partial charge in [-0.25, -0.2) is 5.84 Å². The molecule has 0 amide bonds. The molecule has 0 atom stereocenters. The second-order valence-corrected chi connectivity index (χ2v) is 7.31. The molecule has 0 aliphatic heterocycles. The summed E-state index contributed by atoms with van der Waals surface area (Å²) in [4.78, 5) is 9.12. The fourth-order valence-corrected chi connectivity index (χ4v) is 3.34. The Morgan fingerprint density at radius 1 is 1.21 bits per heavy atom. The summed E-state index contributed by atoms with van der Waals surface area (Å²) < 4.78 is 33.4. The SMILES string of the molecule is Cc1nn(-c2ccccc2)c(O)c1N(N)c1cc([N+](=O)[O-])cc(S(=O)(=O)O)c1O. The van der Waals surface area contributed by atoms with Gasteiger partial charge in [0.25, 0.3) is 15.8 Å². The van der Waals surface area contributed by atoms with Crippen molar-refractivity contribution in [2.24, 2.45) is 5.84 Å². The summed E-state index contributed by atoms with van der Waals surface area (Å²) in [6.45, 7) is 1.48. The van der Waals surface area contributed by atoms with E-state index in [1.165, 1.54) is 6.92 Å². The number of phenolic OH excluding ortho intramolecular Hbond substituents is 1. The lowest BCUT2D eigenvalue weighted by Crippen LogP contribution is -2.26. The molecule has 1 heterocycles. The van der Waals surface area contributed by atoms with E-state index in [1.807, 2.05) is 0 Å². The second-order valence-electron chi connectivity index (χ2n) is 5.92. The van der Waals surface area contributed by atoms with Crippen molar-refractivity contribution < 1.29 is 28.1 Å². The third-order valence-electron chi connectivity index (χ3n) is 4.03. The van der Waals surface area contributed by atoms with Crippen molar-refractivity contribution in [2.45, 2.75) is 11.8 Å². The Morgan fingerprint density at radius 3 is 2.38 bits per heavy atom. The zero-order valence-electron chi connectivity index (χ0n) is 14.8. The highest BCUT2D eigenvalue weighted by molar-refractivity contribution is 7.86. The van der Waals surface area contributed by atoms with Crippen LogP contribution >= 0.6 is 0 Å². The van der Waals surface area contributed by atoms with E-state index in [4.69, 9.17) is 5.84 Å². The van der Waals surface area contributed by atoms with Crippen LogP contribution in [0.25, 0.3) is 5.69 Å². The molecule has 13 heteroatoms. The maximum Gasteiger partial charge on any atom is 0.298 e. The fourth-order valence-electron chi connectivity index (χ4n) is 2.72. The standard InChI is InChI=1S/C16H15N5O7S/c1-9-14(16(23)20(18-9)10-5-3-2-4-6-10)19(17)12-7-11(21(24)25)8-13(15(12)22)29(26,27)28/h2-8,22-23H,17H2,1H3,(H,26,27,28). The first-order chi connectivity index (χ1) is 13.5. The third-order valence-corrected chi connectivity index (χ3v) is 4.90. The molecule has 0 unspecified atom stereocenters. The van der Waals surface area contributed by atoms with Crippen molar-refractivity contribution in [1.29, 1.82) is 0 Å². The Morgan fingerprint density at radius 2 is 1.83 bits per heavy atom. The number of hydrogen-bond acceptors (Lipinski definition) is 9. The van der Waals surface area contributed by atoms with Crippen LogP contribution in [0, 0.1) is 17.0 Å². The maximum absolute atomic E-state index is 11.5. The average Bonchev–Trinajstić information content (AvgIpc) is 2.95. The minimum Gasteiger partial charge on any atom is -0.504 e. The average molecular weight is 421 g/mol. The smallest absolute Gasteiger partial charge is 0.298 e. The van der Waals surface area contributed by atoms with E-state index in [-0.39, 0.29) is 11.4 Å². The first-order valence-corrected chi connectivity index (χ1v) is 9.34. The monoisotopic (exact) mass is 421 g/mol.